The molecule has 1 aliphatic heterocycles. The fraction of sp³-hybridized carbons (Fsp3) is 1.00. The van der Waals surface area contributed by atoms with Gasteiger partial charge in [0.25, 0.3) is 0 Å². The molecule has 0 N–H and O–H groups in total. The Bertz CT molecular complexity index is 67.8. The normalized spacial score (nSPS) is 21.2. The first-order chi connectivity index (χ1) is 1.89. The molecule has 1 aliphatic rings. The Morgan fingerprint density at radius 2 is 1.75 bits per heavy atom. The van der Waals surface area contributed by atoms with Crippen molar-refractivity contribution in [1.29, 1.82) is 0 Å². The summed E-state index contributed by atoms with van der Waals surface area (Å²) >= 11 is 0. The van der Waals surface area contributed by atoms with Crippen molar-refractivity contribution in [1.82, 2.24) is 0 Å². The summed E-state index contributed by atoms with van der Waals surface area (Å²) < 4.78 is 0. The van der Waals surface area contributed by atoms with E-state index < -0.39 is 0 Å². The van der Waals surface area contributed by atoms with E-state index in [4.69, 9.17) is 0 Å². The molecule has 0 spiro atoms. The summed E-state index contributed by atoms with van der Waals surface area (Å²) in [6.45, 7) is 0. The molecule has 2 heteroatoms. The molecule has 1 fully saturated rings. The van der Waals surface area contributed by atoms with Crippen LogP contribution in [0, 0.1) is 0 Å². The summed E-state index contributed by atoms with van der Waals surface area (Å²) in [6, 6.07) is 0. The molecule has 0 atom stereocenters. The first-order valence-corrected chi connectivity index (χ1v) is 4.20. The molecule has 0 saturated carbocycles. The minimum absolute atomic E-state index is 0.324. The second kappa shape index (κ2) is 0.847. The SMILES string of the molecule is P#P1CC1. The number of hydrogen-bond acceptors (Lipinski definition) is 0. The molecule has 0 aromatic heterocycles. The van der Waals surface area contributed by atoms with Crippen molar-refractivity contribution >= 4 is 15.4 Å². The van der Waals surface area contributed by atoms with E-state index in [0.29, 0.717) is 7.02 Å². The topological polar surface area (TPSA) is 0 Å². The van der Waals surface area contributed by atoms with E-state index >= 15 is 0 Å². The zero-order valence-corrected chi connectivity index (χ0v) is 4.10. The van der Waals surface area contributed by atoms with Crippen LogP contribution in [0.4, 0.5) is 0 Å². The standard InChI is InChI=1S/C2H4P2/c3-4-1-2-4/h1-2H2. The van der Waals surface area contributed by atoms with E-state index in [0.717, 1.165) is 0 Å². The van der Waals surface area contributed by atoms with Crippen molar-refractivity contribution < 1.29 is 0 Å². The van der Waals surface area contributed by atoms with Crippen LogP contribution in [0.2, 0.25) is 0 Å². The second-order valence-corrected chi connectivity index (χ2v) is 4.56. The van der Waals surface area contributed by atoms with Crippen LogP contribution in [-0.4, -0.2) is 12.3 Å². The predicted octanol–water partition coefficient (Wildman–Crippen LogP) is 1.81. The molecule has 1 heterocycles. The van der Waals surface area contributed by atoms with E-state index in [1.807, 2.05) is 0 Å². The zero-order chi connectivity index (χ0) is 2.99. The summed E-state index contributed by atoms with van der Waals surface area (Å²) in [7, 11) is 4.47. The van der Waals surface area contributed by atoms with Crippen LogP contribution in [-0.2, 0) is 0 Å². The Balaban J connectivity index is 2.79. The van der Waals surface area contributed by atoms with Crippen LogP contribution in [0.1, 0.15) is 0 Å². The van der Waals surface area contributed by atoms with Gasteiger partial charge < -0.3 is 0 Å². The molecule has 1 rings (SSSR count). The van der Waals surface area contributed by atoms with Crippen LogP contribution in [0.3, 0.4) is 0 Å². The molecular weight excluding hydrogens is 86.0 g/mol. The molecule has 0 bridgehead atoms. The minimum atomic E-state index is 0.324. The van der Waals surface area contributed by atoms with Crippen LogP contribution in [0.25, 0.3) is 0 Å². The summed E-state index contributed by atoms with van der Waals surface area (Å²) in [6.07, 6.45) is 2.83. The first-order valence-electron chi connectivity index (χ1n) is 1.33. The van der Waals surface area contributed by atoms with Crippen LogP contribution in [0.5, 0.6) is 0 Å². The third-order valence-corrected chi connectivity index (χ3v) is 2.47. The Kier molecular flexibility index (Phi) is 0.623. The van der Waals surface area contributed by atoms with Gasteiger partial charge in [0.2, 0.25) is 0 Å². The average Bonchev–Trinajstić information content (AvgIpc) is 1.75. The van der Waals surface area contributed by atoms with Gasteiger partial charge in [-0.3, -0.25) is 0 Å². The van der Waals surface area contributed by atoms with Crippen LogP contribution in [0.15, 0.2) is 0 Å². The van der Waals surface area contributed by atoms with Crippen molar-refractivity contribution in [3.05, 3.63) is 0 Å². The molecule has 4 heavy (non-hydrogen) atoms. The fourth-order valence-electron chi connectivity index (χ4n) is 0.0447. The van der Waals surface area contributed by atoms with Crippen molar-refractivity contribution in [3.63, 3.8) is 0 Å². The summed E-state index contributed by atoms with van der Waals surface area (Å²) in [4.78, 5) is 0. The first kappa shape index (κ1) is 2.94. The fourth-order valence-corrected chi connectivity index (χ4v) is 1.21. The van der Waals surface area contributed by atoms with Gasteiger partial charge in [0.15, 0.2) is 0 Å². The van der Waals surface area contributed by atoms with Crippen molar-refractivity contribution in [2.45, 2.75) is 0 Å². The van der Waals surface area contributed by atoms with Gasteiger partial charge in [-0.25, -0.2) is 0 Å². The molecule has 0 unspecified atom stereocenters. The molecule has 0 amide bonds. The number of hydrogen-bond donors (Lipinski definition) is 0. The molecule has 0 aromatic carbocycles. The Hall–Kier alpha value is 0.730. The van der Waals surface area contributed by atoms with Crippen LogP contribution < -0.4 is 0 Å². The molecular formula is C2H4P2. The van der Waals surface area contributed by atoms with Gasteiger partial charge >= 0.3 is 27.7 Å². The Morgan fingerprint density at radius 3 is 1.75 bits per heavy atom. The van der Waals surface area contributed by atoms with Gasteiger partial charge in [0, 0.05) is 0 Å². The van der Waals surface area contributed by atoms with E-state index in [-0.39, 0.29) is 0 Å². The quantitative estimate of drug-likeness (QED) is 0.398. The Morgan fingerprint density at radius 1 is 1.50 bits per heavy atom. The molecule has 22 valence electrons. The predicted molar refractivity (Wildman–Crippen MR) is 23.6 cm³/mol. The molecule has 0 aliphatic carbocycles. The van der Waals surface area contributed by atoms with Crippen molar-refractivity contribution in [2.75, 3.05) is 12.3 Å². The molecule has 1 saturated heterocycles. The van der Waals surface area contributed by atoms with Gasteiger partial charge in [-0.05, 0) is 0 Å². The maximum atomic E-state index is 4.14. The molecule has 0 radical (unpaired) electrons. The van der Waals surface area contributed by atoms with Crippen molar-refractivity contribution in [2.24, 2.45) is 0 Å². The van der Waals surface area contributed by atoms with Gasteiger partial charge in [-0.1, -0.05) is 0 Å². The zero-order valence-electron chi connectivity index (χ0n) is 2.31. The Labute approximate surface area is 28.6 Å². The van der Waals surface area contributed by atoms with Crippen LogP contribution >= 0.6 is 15.4 Å². The summed E-state index contributed by atoms with van der Waals surface area (Å²) in [5.41, 5.74) is 0. The van der Waals surface area contributed by atoms with Crippen molar-refractivity contribution in [3.8, 4) is 0 Å². The monoisotopic (exact) mass is 90.0 g/mol. The molecule has 0 aromatic rings. The second-order valence-electron chi connectivity index (χ2n) is 0.954. The third-order valence-electron chi connectivity index (χ3n) is 0.424. The van der Waals surface area contributed by atoms with Gasteiger partial charge in [-0.15, -0.1) is 0 Å². The van der Waals surface area contributed by atoms with Gasteiger partial charge in [-0.2, -0.15) is 0 Å². The third kappa shape index (κ3) is 0.587. The van der Waals surface area contributed by atoms with Gasteiger partial charge in [0.05, 0.1) is 0 Å². The summed E-state index contributed by atoms with van der Waals surface area (Å²) in [5.74, 6) is 0. The van der Waals surface area contributed by atoms with E-state index in [1.165, 1.54) is 12.3 Å². The summed E-state index contributed by atoms with van der Waals surface area (Å²) in [5, 5.41) is 0. The average molecular weight is 90.0 g/mol. The van der Waals surface area contributed by atoms with E-state index in [1.54, 1.807) is 0 Å². The van der Waals surface area contributed by atoms with E-state index in [9.17, 15) is 0 Å². The van der Waals surface area contributed by atoms with Gasteiger partial charge in [0.1, 0.15) is 0 Å². The van der Waals surface area contributed by atoms with E-state index in [2.05, 4.69) is 8.34 Å². The maximum absolute atomic E-state index is 4.14. The number of rotatable bonds is 0. The molecule has 0 nitrogen and oxygen atoms in total.